The Morgan fingerprint density at radius 1 is 0.774 bits per heavy atom. The first-order valence-electron chi connectivity index (χ1n) is 5.75. The first kappa shape index (κ1) is 54.0. The van der Waals surface area contributed by atoms with Crippen molar-refractivity contribution < 1.29 is 159 Å². The molecular weight excluding hydrogens is 900 g/mol. The third-order valence-electron chi connectivity index (χ3n) is 1.56. The van der Waals surface area contributed by atoms with Gasteiger partial charge in [0.25, 0.3) is 30.4 Å². The molecule has 0 aromatic carbocycles. The Labute approximate surface area is 239 Å². The van der Waals surface area contributed by atoms with E-state index in [0.717, 1.165) is 6.47 Å². The molecule has 0 heterocycles. The van der Waals surface area contributed by atoms with E-state index in [4.69, 9.17) is 27.0 Å². The van der Waals surface area contributed by atoms with Gasteiger partial charge in [0.2, 0.25) is 0 Å². The van der Waals surface area contributed by atoms with Crippen LogP contribution in [0.3, 0.4) is 0 Å². The molecule has 0 atom stereocenters. The molecule has 0 aliphatic heterocycles. The summed E-state index contributed by atoms with van der Waals surface area (Å²) >= 11 is 1.70. The van der Waals surface area contributed by atoms with Gasteiger partial charge in [-0.25, -0.2) is 5.26 Å². The SMILES string of the molecule is O.O=S(=O)(O)CCCS(=O)(=O)O.O=[C-]OO.O=[S-](=O)CCCS(=O)(=O)O.[Ag+].[Ag].[Ag].[O]=[Ag]. The van der Waals surface area contributed by atoms with Gasteiger partial charge in [0.15, 0.2) is 0 Å². The van der Waals surface area contributed by atoms with Gasteiger partial charge in [-0.1, -0.05) is 22.9 Å². The van der Waals surface area contributed by atoms with Crippen molar-refractivity contribution in [2.75, 3.05) is 23.0 Å². The molecule has 0 aromatic heterocycles. The van der Waals surface area contributed by atoms with E-state index in [1.807, 2.05) is 0 Å². The minimum atomic E-state index is -4.12. The van der Waals surface area contributed by atoms with Crippen LogP contribution in [0.2, 0.25) is 0 Å². The Morgan fingerprint density at radius 3 is 1.16 bits per heavy atom. The van der Waals surface area contributed by atoms with Crippen molar-refractivity contribution in [3.8, 4) is 0 Å². The van der Waals surface area contributed by atoms with Crippen molar-refractivity contribution >= 4 is 47.5 Å². The van der Waals surface area contributed by atoms with Gasteiger partial charge < -0.3 is 23.6 Å². The van der Waals surface area contributed by atoms with Crippen LogP contribution < -0.4 is 0 Å². The second-order valence-corrected chi connectivity index (χ2v) is 9.48. The van der Waals surface area contributed by atoms with E-state index >= 15 is 0 Å². The van der Waals surface area contributed by atoms with Crippen molar-refractivity contribution in [3.63, 3.8) is 0 Å². The van der Waals surface area contributed by atoms with Crippen molar-refractivity contribution in [2.45, 2.75) is 12.8 Å². The molecule has 211 valence electrons. The topological polar surface area (TPSA) is 292 Å². The number of hydrogen-bond acceptors (Lipinski definition) is 13. The Balaban J connectivity index is -0.0000000412. The van der Waals surface area contributed by atoms with Crippen LogP contribution in [-0.4, -0.2) is 79.1 Å². The van der Waals surface area contributed by atoms with E-state index in [9.17, 15) is 33.7 Å². The molecule has 31 heavy (non-hydrogen) atoms. The molecule has 0 aliphatic carbocycles. The molecule has 0 fully saturated rings. The van der Waals surface area contributed by atoms with E-state index in [1.165, 1.54) is 0 Å². The van der Waals surface area contributed by atoms with Crippen LogP contribution in [0.25, 0.3) is 0 Å². The van der Waals surface area contributed by atoms with Gasteiger partial charge in [0, 0.05) is 44.8 Å². The van der Waals surface area contributed by atoms with Crippen LogP contribution in [0.15, 0.2) is 0 Å². The monoisotopic (exact) mass is 914 g/mol. The van der Waals surface area contributed by atoms with Crippen LogP contribution >= 0.6 is 0 Å². The molecule has 6 N–H and O–H groups in total. The normalized spacial score (nSPS) is 9.52. The molecule has 0 bridgehead atoms. The first-order valence-corrected chi connectivity index (χ1v) is 12.4. The fraction of sp³-hybridized carbons (Fsp3) is 0.857. The summed E-state index contributed by atoms with van der Waals surface area (Å²) in [6, 6.07) is 0. The molecule has 0 spiro atoms. The summed E-state index contributed by atoms with van der Waals surface area (Å²) in [5, 5.41) is 6.95. The van der Waals surface area contributed by atoms with Crippen LogP contribution in [0.4, 0.5) is 0 Å². The summed E-state index contributed by atoms with van der Waals surface area (Å²) < 4.78 is 112. The van der Waals surface area contributed by atoms with E-state index in [-0.39, 0.29) is 91.2 Å². The summed E-state index contributed by atoms with van der Waals surface area (Å²) in [5.74, 6) is -2.06. The third-order valence-corrected chi connectivity index (χ3v) is 4.59. The van der Waals surface area contributed by atoms with Crippen LogP contribution in [0.5, 0.6) is 0 Å². The van der Waals surface area contributed by atoms with Crippen LogP contribution in [0, 0.1) is 0 Å². The third kappa shape index (κ3) is 89.1. The van der Waals surface area contributed by atoms with Gasteiger partial charge in [0.1, 0.15) is 0 Å². The van der Waals surface area contributed by atoms with E-state index in [0.29, 0.717) is 0 Å². The predicted molar refractivity (Wildman–Crippen MR) is 85.8 cm³/mol. The number of carbonyl (C=O) groups excluding carboxylic acids is 1. The summed E-state index contributed by atoms with van der Waals surface area (Å²) in [5.41, 5.74) is 0. The van der Waals surface area contributed by atoms with Crippen molar-refractivity contribution in [1.82, 2.24) is 0 Å². The summed E-state index contributed by atoms with van der Waals surface area (Å²) in [7, 11) is -14.5. The van der Waals surface area contributed by atoms with Crippen molar-refractivity contribution in [1.29, 1.82) is 0 Å². The summed E-state index contributed by atoms with van der Waals surface area (Å²) in [6.45, 7) is 0.736. The molecule has 2 radical (unpaired) electrons. The van der Waals surface area contributed by atoms with Crippen LogP contribution in [-0.2, 0) is 151 Å². The van der Waals surface area contributed by atoms with E-state index in [2.05, 4.69) is 4.89 Å². The van der Waals surface area contributed by atoms with Gasteiger partial charge in [-0.15, -0.1) is 0 Å². The molecule has 16 nitrogen and oxygen atoms in total. The van der Waals surface area contributed by atoms with Crippen LogP contribution in [0.1, 0.15) is 12.8 Å². The predicted octanol–water partition coefficient (Wildman–Crippen LogP) is -2.68. The standard InChI is InChI=1S/C3H8O6S2.C3H7O5S2.CHO3.4Ag.H2O.O/c4-10(5,6)2-1-3-11(7,8)9;4-9(5)2-1-3-10(6,7)8;2-1-4-3;;;;;;/h1-3H2,(H,4,5,6)(H,7,8,9);1-3H2,(H,6,7,8);3H;;;;;1H2;/q;2*-1;;;;+1;;. The van der Waals surface area contributed by atoms with Crippen molar-refractivity contribution in [3.05, 3.63) is 0 Å². The molecule has 0 aromatic rings. The van der Waals surface area contributed by atoms with Gasteiger partial charge in [-0.3, -0.25) is 13.7 Å². The average molecular weight is 918 g/mol. The zero-order chi connectivity index (χ0) is 22.7. The fourth-order valence-electron chi connectivity index (χ4n) is 0.783. The molecular formula is C7H18Ag4O16S4-. The van der Waals surface area contributed by atoms with Gasteiger partial charge in [-0.2, -0.15) is 25.3 Å². The molecule has 24 heteroatoms. The first-order chi connectivity index (χ1) is 12.0. The molecule has 0 saturated heterocycles. The van der Waals surface area contributed by atoms with Crippen molar-refractivity contribution in [2.24, 2.45) is 0 Å². The average Bonchev–Trinajstić information content (AvgIpc) is 2.45. The molecule has 0 unspecified atom stereocenters. The van der Waals surface area contributed by atoms with Gasteiger partial charge in [-0.05, 0) is 12.9 Å². The zero-order valence-corrected chi connectivity index (χ0v) is 23.6. The molecule has 0 aliphatic rings. The van der Waals surface area contributed by atoms with E-state index < -0.39 is 58.3 Å². The van der Waals surface area contributed by atoms with E-state index in [1.54, 1.807) is 21.0 Å². The fourth-order valence-corrected chi connectivity index (χ4v) is 3.06. The van der Waals surface area contributed by atoms with Gasteiger partial charge >= 0.3 is 46.7 Å². The Bertz CT molecular complexity index is 722. The number of hydrogen-bond donors (Lipinski definition) is 4. The molecule has 0 saturated carbocycles. The Morgan fingerprint density at radius 2 is 1.00 bits per heavy atom. The Kier molecular flexibility index (Phi) is 55.4. The maximum absolute atomic E-state index is 10.00. The summed E-state index contributed by atoms with van der Waals surface area (Å²) in [6.07, 6.45) is -0.368. The molecule has 0 amide bonds. The minimum absolute atomic E-state index is 0. The second kappa shape index (κ2) is 31.8. The quantitative estimate of drug-likeness (QED) is 0.0458. The number of rotatable bonds is 9. The Hall–Kier alpha value is 1.83. The zero-order valence-electron chi connectivity index (χ0n) is 14.4. The second-order valence-electron chi connectivity index (χ2n) is 3.75. The van der Waals surface area contributed by atoms with Gasteiger partial charge in [0.05, 0.1) is 17.3 Å². The molecule has 0 rings (SSSR count). The summed E-state index contributed by atoms with van der Waals surface area (Å²) in [4.78, 5) is 11.3. The maximum atomic E-state index is 10.00.